The molecule has 3 N–H and O–H groups in total. The summed E-state index contributed by atoms with van der Waals surface area (Å²) in [5.41, 5.74) is 4.86. The van der Waals surface area contributed by atoms with Crippen LogP contribution >= 0.6 is 0 Å². The summed E-state index contributed by atoms with van der Waals surface area (Å²) in [5.74, 6) is 0.580. The summed E-state index contributed by atoms with van der Waals surface area (Å²) < 4.78 is 0. The second-order valence-corrected chi connectivity index (χ2v) is 7.29. The molecule has 0 fully saturated rings. The van der Waals surface area contributed by atoms with Gasteiger partial charge < -0.3 is 10.6 Å². The van der Waals surface area contributed by atoms with Crippen molar-refractivity contribution < 1.29 is 9.85 Å². The third kappa shape index (κ3) is 6.54. The van der Waals surface area contributed by atoms with E-state index in [1.807, 2.05) is 30.3 Å². The Kier molecular flexibility index (Phi) is 7.31. The Balaban J connectivity index is 1.52. The fourth-order valence-corrected chi connectivity index (χ4v) is 2.98. The number of hydrogen-bond donors (Lipinski definition) is 3. The molecule has 0 bridgehead atoms. The molecule has 0 saturated carbocycles. The minimum Gasteiger partial charge on any atom is -0.350 e. The van der Waals surface area contributed by atoms with Gasteiger partial charge in [0.25, 0.3) is 11.4 Å². The van der Waals surface area contributed by atoms with Crippen molar-refractivity contribution in [3.05, 3.63) is 110 Å². The van der Waals surface area contributed by atoms with Gasteiger partial charge in [-0.15, -0.1) is 0 Å². The van der Waals surface area contributed by atoms with Crippen LogP contribution in [0.4, 0.5) is 34.9 Å². The monoisotopic (exact) mass is 485 g/mol. The SMILES string of the molecule is O=[N+]([O-])c1ccc(/C=N/Nc2nc(NCc3ccccc3)nc(Nc3ccc([N+](=O)[O-])cc3)n2)cc1. The molecule has 3 aromatic carbocycles. The van der Waals surface area contributed by atoms with Crippen molar-refractivity contribution in [2.75, 3.05) is 16.1 Å². The molecule has 0 atom stereocenters. The number of non-ortho nitro benzene ring substituents is 2. The van der Waals surface area contributed by atoms with Crippen molar-refractivity contribution in [2.24, 2.45) is 5.10 Å². The number of nitrogens with one attached hydrogen (secondary N) is 3. The zero-order valence-corrected chi connectivity index (χ0v) is 18.6. The maximum absolute atomic E-state index is 10.9. The minimum atomic E-state index is -0.483. The van der Waals surface area contributed by atoms with E-state index >= 15 is 0 Å². The van der Waals surface area contributed by atoms with Gasteiger partial charge in [0.05, 0.1) is 16.1 Å². The quantitative estimate of drug-likeness (QED) is 0.165. The summed E-state index contributed by atoms with van der Waals surface area (Å²) in [5, 5.41) is 31.9. The molecule has 13 nitrogen and oxygen atoms in total. The van der Waals surface area contributed by atoms with E-state index in [1.165, 1.54) is 30.5 Å². The summed E-state index contributed by atoms with van der Waals surface area (Å²) in [6, 6.07) is 21.4. The number of aromatic nitrogens is 3. The molecule has 1 aromatic heterocycles. The van der Waals surface area contributed by atoms with E-state index in [2.05, 4.69) is 36.1 Å². The fourth-order valence-electron chi connectivity index (χ4n) is 2.98. The molecule has 0 saturated heterocycles. The zero-order valence-electron chi connectivity index (χ0n) is 18.6. The van der Waals surface area contributed by atoms with Crippen molar-refractivity contribution in [1.82, 2.24) is 15.0 Å². The van der Waals surface area contributed by atoms with Gasteiger partial charge in [-0.25, -0.2) is 5.43 Å². The summed E-state index contributed by atoms with van der Waals surface area (Å²) >= 11 is 0. The van der Waals surface area contributed by atoms with E-state index in [4.69, 9.17) is 0 Å². The average Bonchev–Trinajstić information content (AvgIpc) is 2.89. The lowest BCUT2D eigenvalue weighted by molar-refractivity contribution is -0.385. The van der Waals surface area contributed by atoms with Crippen LogP contribution in [0.2, 0.25) is 0 Å². The maximum Gasteiger partial charge on any atom is 0.269 e. The average molecular weight is 485 g/mol. The van der Waals surface area contributed by atoms with Crippen molar-refractivity contribution in [1.29, 1.82) is 0 Å². The number of nitrogens with zero attached hydrogens (tertiary/aromatic N) is 6. The van der Waals surface area contributed by atoms with Gasteiger partial charge >= 0.3 is 0 Å². The molecule has 180 valence electrons. The van der Waals surface area contributed by atoms with Gasteiger partial charge in [-0.05, 0) is 35.4 Å². The number of nitro benzene ring substituents is 2. The number of hydrazone groups is 1. The van der Waals surface area contributed by atoms with Crippen molar-refractivity contribution in [2.45, 2.75) is 6.54 Å². The normalized spacial score (nSPS) is 10.7. The first kappa shape index (κ1) is 23.7. The van der Waals surface area contributed by atoms with E-state index in [1.54, 1.807) is 24.3 Å². The highest BCUT2D eigenvalue weighted by Crippen LogP contribution is 2.20. The highest BCUT2D eigenvalue weighted by molar-refractivity contribution is 5.80. The standard InChI is InChI=1S/C23H19N9O4/c33-31(34)19-10-6-17(7-11-19)15-25-30-23-28-21(24-14-16-4-2-1-3-5-16)27-22(29-23)26-18-8-12-20(13-9-18)32(35)36/h1-13,15H,14H2,(H3,24,26,27,28,29,30)/b25-15+. The van der Waals surface area contributed by atoms with Crippen LogP contribution < -0.4 is 16.1 Å². The van der Waals surface area contributed by atoms with E-state index in [-0.39, 0.29) is 29.2 Å². The first-order chi connectivity index (χ1) is 17.5. The first-order valence-electron chi connectivity index (χ1n) is 10.6. The Morgan fingerprint density at radius 3 is 1.97 bits per heavy atom. The van der Waals surface area contributed by atoms with Gasteiger partial charge in [0.15, 0.2) is 0 Å². The molecular weight excluding hydrogens is 466 g/mol. The molecule has 0 radical (unpaired) electrons. The van der Waals surface area contributed by atoms with Crippen molar-refractivity contribution in [3.8, 4) is 0 Å². The molecule has 36 heavy (non-hydrogen) atoms. The molecule has 0 aliphatic rings. The number of anilines is 4. The third-order valence-electron chi connectivity index (χ3n) is 4.75. The molecule has 1 heterocycles. The van der Waals surface area contributed by atoms with Gasteiger partial charge in [0.1, 0.15) is 0 Å². The summed E-state index contributed by atoms with van der Waals surface area (Å²) in [7, 11) is 0. The smallest absolute Gasteiger partial charge is 0.269 e. The Hall–Kier alpha value is -5.46. The Labute approximate surface area is 204 Å². The van der Waals surface area contributed by atoms with Gasteiger partial charge in [0.2, 0.25) is 17.8 Å². The van der Waals surface area contributed by atoms with Crippen LogP contribution in [-0.2, 0) is 6.54 Å². The molecule has 4 rings (SSSR count). The van der Waals surface area contributed by atoms with Crippen LogP contribution in [0.15, 0.2) is 84.0 Å². The van der Waals surface area contributed by atoms with Crippen LogP contribution in [0.5, 0.6) is 0 Å². The highest BCUT2D eigenvalue weighted by Gasteiger charge is 2.09. The van der Waals surface area contributed by atoms with Crippen molar-refractivity contribution in [3.63, 3.8) is 0 Å². The van der Waals surface area contributed by atoms with Crippen LogP contribution in [0.3, 0.4) is 0 Å². The fraction of sp³-hybridized carbons (Fsp3) is 0.0435. The Morgan fingerprint density at radius 2 is 1.33 bits per heavy atom. The topological polar surface area (TPSA) is 173 Å². The number of rotatable bonds is 10. The van der Waals surface area contributed by atoms with Crippen molar-refractivity contribution >= 4 is 41.1 Å². The molecule has 0 amide bonds. The van der Waals surface area contributed by atoms with E-state index in [0.29, 0.717) is 17.8 Å². The molecule has 13 heteroatoms. The van der Waals surface area contributed by atoms with E-state index < -0.39 is 9.85 Å². The van der Waals surface area contributed by atoms with Gasteiger partial charge in [-0.2, -0.15) is 20.1 Å². The molecule has 0 aliphatic heterocycles. The molecule has 0 unspecified atom stereocenters. The number of hydrogen-bond acceptors (Lipinski definition) is 11. The lowest BCUT2D eigenvalue weighted by Gasteiger charge is -2.10. The molecule has 0 spiro atoms. The first-order valence-corrected chi connectivity index (χ1v) is 10.6. The molecule has 4 aromatic rings. The summed E-state index contributed by atoms with van der Waals surface area (Å²) in [6.45, 7) is 0.466. The predicted molar refractivity (Wildman–Crippen MR) is 134 cm³/mol. The zero-order chi connectivity index (χ0) is 25.3. The summed E-state index contributed by atoms with van der Waals surface area (Å²) in [6.07, 6.45) is 1.47. The third-order valence-corrected chi connectivity index (χ3v) is 4.75. The second-order valence-electron chi connectivity index (χ2n) is 7.29. The Morgan fingerprint density at radius 1 is 0.750 bits per heavy atom. The Bertz CT molecular complexity index is 1380. The largest absolute Gasteiger partial charge is 0.350 e. The van der Waals surface area contributed by atoms with E-state index in [0.717, 1.165) is 5.56 Å². The maximum atomic E-state index is 10.9. The van der Waals surface area contributed by atoms with Crippen LogP contribution in [0.25, 0.3) is 0 Å². The predicted octanol–water partition coefficient (Wildman–Crippen LogP) is 4.49. The summed E-state index contributed by atoms with van der Waals surface area (Å²) in [4.78, 5) is 33.7. The lowest BCUT2D eigenvalue weighted by atomic mass is 10.2. The molecular formula is C23H19N9O4. The molecule has 0 aliphatic carbocycles. The van der Waals surface area contributed by atoms with Gasteiger partial charge in [-0.3, -0.25) is 20.2 Å². The number of nitro groups is 2. The highest BCUT2D eigenvalue weighted by atomic mass is 16.6. The minimum absolute atomic E-state index is 0.0198. The van der Waals surface area contributed by atoms with Crippen LogP contribution in [0.1, 0.15) is 11.1 Å². The van der Waals surface area contributed by atoms with Gasteiger partial charge in [-0.1, -0.05) is 30.3 Å². The van der Waals surface area contributed by atoms with E-state index in [9.17, 15) is 20.2 Å². The number of benzene rings is 3. The van der Waals surface area contributed by atoms with Gasteiger partial charge in [0, 0.05) is 36.5 Å². The second kappa shape index (κ2) is 11.1. The van der Waals surface area contributed by atoms with Crippen LogP contribution in [0, 0.1) is 20.2 Å². The lowest BCUT2D eigenvalue weighted by Crippen LogP contribution is -2.09. The van der Waals surface area contributed by atoms with Crippen LogP contribution in [-0.4, -0.2) is 31.0 Å².